The van der Waals surface area contributed by atoms with Crippen molar-refractivity contribution >= 4 is 11.8 Å². The summed E-state index contributed by atoms with van der Waals surface area (Å²) in [5.41, 5.74) is -0.000769. The van der Waals surface area contributed by atoms with Gasteiger partial charge in [0.15, 0.2) is 0 Å². The van der Waals surface area contributed by atoms with Gasteiger partial charge >= 0.3 is 0 Å². The van der Waals surface area contributed by atoms with Crippen LogP contribution in [0.25, 0.3) is 0 Å². The lowest BCUT2D eigenvalue weighted by Gasteiger charge is -2.55. The van der Waals surface area contributed by atoms with Crippen molar-refractivity contribution in [1.82, 2.24) is 14.7 Å². The topological polar surface area (TPSA) is 43.9 Å². The molecule has 2 saturated heterocycles. The van der Waals surface area contributed by atoms with Crippen LogP contribution in [0.15, 0.2) is 0 Å². The summed E-state index contributed by atoms with van der Waals surface area (Å²) in [6.07, 6.45) is 0.583. The van der Waals surface area contributed by atoms with Gasteiger partial charge in [-0.15, -0.1) is 0 Å². The number of rotatable bonds is 1. The van der Waals surface area contributed by atoms with E-state index in [2.05, 4.69) is 39.5 Å². The zero-order valence-corrected chi connectivity index (χ0v) is 15.0. The summed E-state index contributed by atoms with van der Waals surface area (Å²) < 4.78 is 0. The van der Waals surface area contributed by atoms with Gasteiger partial charge in [0, 0.05) is 57.6 Å². The molecule has 2 fully saturated rings. The largest absolute Gasteiger partial charge is 0.340 e. The number of carbonyl (C=O) groups excluding carboxylic acids is 2. The Bertz CT molecular complexity index is 453. The van der Waals surface area contributed by atoms with Crippen molar-refractivity contribution in [1.29, 1.82) is 0 Å². The van der Waals surface area contributed by atoms with E-state index in [4.69, 9.17) is 0 Å². The number of fused-ring (bicyclic) bond motifs is 1. The Hall–Kier alpha value is -1.10. The summed E-state index contributed by atoms with van der Waals surface area (Å²) >= 11 is 0. The van der Waals surface area contributed by atoms with Gasteiger partial charge in [0.2, 0.25) is 11.8 Å². The third kappa shape index (κ3) is 3.80. The fourth-order valence-electron chi connectivity index (χ4n) is 3.72. The predicted octanol–water partition coefficient (Wildman–Crippen LogP) is 1.58. The number of amides is 2. The molecule has 1 unspecified atom stereocenters. The summed E-state index contributed by atoms with van der Waals surface area (Å²) in [6.45, 7) is 16.3. The fourth-order valence-corrected chi connectivity index (χ4v) is 3.72. The van der Waals surface area contributed by atoms with Crippen LogP contribution in [0.3, 0.4) is 0 Å². The Morgan fingerprint density at radius 1 is 1.09 bits per heavy atom. The quantitative estimate of drug-likeness (QED) is 0.738. The van der Waals surface area contributed by atoms with E-state index in [9.17, 15) is 9.59 Å². The maximum absolute atomic E-state index is 12.5. The van der Waals surface area contributed by atoms with Crippen LogP contribution in [-0.2, 0) is 9.59 Å². The second-order valence-electron chi connectivity index (χ2n) is 8.64. The first-order valence-electron chi connectivity index (χ1n) is 8.30. The molecule has 2 amide bonds. The summed E-state index contributed by atoms with van der Waals surface area (Å²) in [6, 6.07) is 0.255. The minimum atomic E-state index is -0.0201. The molecule has 0 spiro atoms. The van der Waals surface area contributed by atoms with Gasteiger partial charge in [0.1, 0.15) is 0 Å². The first-order chi connectivity index (χ1) is 9.99. The van der Waals surface area contributed by atoms with Crippen LogP contribution in [-0.4, -0.2) is 70.8 Å². The molecule has 0 aromatic rings. The van der Waals surface area contributed by atoms with Crippen molar-refractivity contribution in [2.45, 2.75) is 59.5 Å². The minimum Gasteiger partial charge on any atom is -0.340 e. The summed E-state index contributed by atoms with van der Waals surface area (Å²) in [7, 11) is 0. The normalized spacial score (nSPS) is 25.8. The van der Waals surface area contributed by atoms with E-state index >= 15 is 0 Å². The van der Waals surface area contributed by atoms with Gasteiger partial charge in [-0.1, -0.05) is 20.8 Å². The zero-order chi connectivity index (χ0) is 16.7. The lowest BCUT2D eigenvalue weighted by Crippen LogP contribution is -2.70. The lowest BCUT2D eigenvalue weighted by atomic mass is 9.90. The molecule has 0 aromatic carbocycles. The molecule has 22 heavy (non-hydrogen) atoms. The highest BCUT2D eigenvalue weighted by molar-refractivity contribution is 5.77. The first kappa shape index (κ1) is 17.3. The first-order valence-corrected chi connectivity index (χ1v) is 8.30. The molecule has 1 atom stereocenters. The van der Waals surface area contributed by atoms with Gasteiger partial charge in [-0.2, -0.15) is 0 Å². The SMILES string of the molecule is CC(=O)N1CC2CN(C(=O)CC(C)(C)C)CCN2C(C)(C)C1. The van der Waals surface area contributed by atoms with Crippen LogP contribution in [0.5, 0.6) is 0 Å². The molecule has 0 bridgehead atoms. The lowest BCUT2D eigenvalue weighted by molar-refractivity contribution is -0.146. The molecule has 2 aliphatic heterocycles. The van der Waals surface area contributed by atoms with E-state index < -0.39 is 0 Å². The van der Waals surface area contributed by atoms with Crippen LogP contribution >= 0.6 is 0 Å². The molecule has 2 heterocycles. The second-order valence-corrected chi connectivity index (χ2v) is 8.64. The van der Waals surface area contributed by atoms with Crippen LogP contribution in [0.1, 0.15) is 48.0 Å². The van der Waals surface area contributed by atoms with Crippen LogP contribution < -0.4 is 0 Å². The van der Waals surface area contributed by atoms with Crippen LogP contribution in [0.4, 0.5) is 0 Å². The minimum absolute atomic E-state index is 0.0193. The summed E-state index contributed by atoms with van der Waals surface area (Å²) in [4.78, 5) is 30.7. The van der Waals surface area contributed by atoms with Crippen molar-refractivity contribution in [3.8, 4) is 0 Å². The van der Waals surface area contributed by atoms with Crippen molar-refractivity contribution in [3.05, 3.63) is 0 Å². The highest BCUT2D eigenvalue weighted by Gasteiger charge is 2.44. The molecule has 5 nitrogen and oxygen atoms in total. The smallest absolute Gasteiger partial charge is 0.223 e. The molecule has 0 N–H and O–H groups in total. The number of hydrogen-bond acceptors (Lipinski definition) is 3. The maximum Gasteiger partial charge on any atom is 0.223 e. The molecule has 0 saturated carbocycles. The van der Waals surface area contributed by atoms with Crippen molar-refractivity contribution in [2.75, 3.05) is 32.7 Å². The molecule has 0 aliphatic carbocycles. The van der Waals surface area contributed by atoms with E-state index in [1.54, 1.807) is 6.92 Å². The molecule has 0 aromatic heterocycles. The molecule has 2 rings (SSSR count). The number of piperazine rings is 2. The van der Waals surface area contributed by atoms with E-state index in [0.717, 1.165) is 32.7 Å². The van der Waals surface area contributed by atoms with Crippen LogP contribution in [0, 0.1) is 5.41 Å². The van der Waals surface area contributed by atoms with E-state index in [0.29, 0.717) is 6.42 Å². The van der Waals surface area contributed by atoms with Crippen molar-refractivity contribution in [2.24, 2.45) is 5.41 Å². The number of hydrogen-bond donors (Lipinski definition) is 0. The maximum atomic E-state index is 12.5. The summed E-state index contributed by atoms with van der Waals surface area (Å²) in [5.74, 6) is 0.371. The van der Waals surface area contributed by atoms with Crippen molar-refractivity contribution < 1.29 is 9.59 Å². The Morgan fingerprint density at radius 3 is 2.23 bits per heavy atom. The Morgan fingerprint density at radius 2 is 1.68 bits per heavy atom. The molecular weight excluding hydrogens is 278 g/mol. The standard InChI is InChI=1S/C17H31N3O2/c1-13(21)19-11-14-10-18(15(22)9-16(2,3)4)7-8-20(14)17(5,6)12-19/h14H,7-12H2,1-6H3. The van der Waals surface area contributed by atoms with Crippen LogP contribution in [0.2, 0.25) is 0 Å². The van der Waals surface area contributed by atoms with Crippen molar-refractivity contribution in [3.63, 3.8) is 0 Å². The average Bonchev–Trinajstić information content (AvgIpc) is 2.35. The molecular formula is C17H31N3O2. The van der Waals surface area contributed by atoms with Gasteiger partial charge < -0.3 is 9.80 Å². The highest BCUT2D eigenvalue weighted by atomic mass is 16.2. The average molecular weight is 309 g/mol. The summed E-state index contributed by atoms with van der Waals surface area (Å²) in [5, 5.41) is 0. The Labute approximate surface area is 134 Å². The van der Waals surface area contributed by atoms with Gasteiger partial charge in [-0.3, -0.25) is 14.5 Å². The fraction of sp³-hybridized carbons (Fsp3) is 0.882. The van der Waals surface area contributed by atoms with Gasteiger partial charge in [0.05, 0.1) is 0 Å². The van der Waals surface area contributed by atoms with Gasteiger partial charge in [-0.25, -0.2) is 0 Å². The molecule has 0 radical (unpaired) electrons. The monoisotopic (exact) mass is 309 g/mol. The van der Waals surface area contributed by atoms with Gasteiger partial charge in [0.25, 0.3) is 0 Å². The highest BCUT2D eigenvalue weighted by Crippen LogP contribution is 2.29. The zero-order valence-electron chi connectivity index (χ0n) is 15.0. The predicted molar refractivity (Wildman–Crippen MR) is 87.5 cm³/mol. The van der Waals surface area contributed by atoms with Gasteiger partial charge in [-0.05, 0) is 19.3 Å². The van der Waals surface area contributed by atoms with E-state index in [1.165, 1.54) is 0 Å². The third-order valence-corrected chi connectivity index (χ3v) is 4.75. The molecule has 2 aliphatic rings. The molecule has 126 valence electrons. The van der Waals surface area contributed by atoms with E-state index in [1.807, 2.05) is 9.80 Å². The second kappa shape index (κ2) is 5.84. The Kier molecular flexibility index (Phi) is 4.58. The number of nitrogens with zero attached hydrogens (tertiary/aromatic N) is 3. The number of carbonyl (C=O) groups is 2. The third-order valence-electron chi connectivity index (χ3n) is 4.75. The Balaban J connectivity index is 2.07. The van der Waals surface area contributed by atoms with E-state index in [-0.39, 0.29) is 28.8 Å². The molecule has 5 heteroatoms.